The molecular weight excluding hydrogens is 207 g/mol. The van der Waals surface area contributed by atoms with Gasteiger partial charge in [0.2, 0.25) is 0 Å². The van der Waals surface area contributed by atoms with Crippen LogP contribution >= 0.6 is 0 Å². The van der Waals surface area contributed by atoms with Crippen LogP contribution in [0.3, 0.4) is 0 Å². The summed E-state index contributed by atoms with van der Waals surface area (Å²) in [5.41, 5.74) is 1.90. The smallest absolute Gasteiger partial charge is 0.123 e. The summed E-state index contributed by atoms with van der Waals surface area (Å²) >= 11 is 0. The summed E-state index contributed by atoms with van der Waals surface area (Å²) in [6, 6.07) is 6.38. The number of nitrogens with zero attached hydrogens (tertiary/aromatic N) is 3. The predicted molar refractivity (Wildman–Crippen MR) is 58.3 cm³/mol. The largest absolute Gasteiger partial charge is 0.314 e. The van der Waals surface area contributed by atoms with E-state index in [2.05, 4.69) is 15.6 Å². The number of nitrogens with one attached hydrogen (secondary N) is 1. The molecular formula is C11H13FN4. The molecule has 0 aliphatic rings. The van der Waals surface area contributed by atoms with Crippen molar-refractivity contribution in [2.45, 2.75) is 13.1 Å². The first-order valence-corrected chi connectivity index (χ1v) is 5.06. The molecule has 0 amide bonds. The van der Waals surface area contributed by atoms with Gasteiger partial charge in [-0.15, -0.1) is 5.10 Å². The van der Waals surface area contributed by atoms with E-state index in [0.717, 1.165) is 11.3 Å². The number of halogens is 1. The van der Waals surface area contributed by atoms with Gasteiger partial charge in [-0.3, -0.25) is 0 Å². The average Bonchev–Trinajstić information content (AvgIpc) is 2.70. The summed E-state index contributed by atoms with van der Waals surface area (Å²) in [7, 11) is 1.86. The molecule has 0 bridgehead atoms. The lowest BCUT2D eigenvalue weighted by Gasteiger charge is -2.00. The summed E-state index contributed by atoms with van der Waals surface area (Å²) in [6.45, 7) is 1.31. The van der Waals surface area contributed by atoms with Crippen molar-refractivity contribution in [2.75, 3.05) is 7.05 Å². The van der Waals surface area contributed by atoms with Gasteiger partial charge in [-0.1, -0.05) is 17.3 Å². The summed E-state index contributed by atoms with van der Waals surface area (Å²) in [5.74, 6) is -0.224. The third-order valence-corrected chi connectivity index (χ3v) is 2.20. The Balaban J connectivity index is 2.05. The molecule has 1 heterocycles. The Morgan fingerprint density at radius 3 is 2.75 bits per heavy atom. The van der Waals surface area contributed by atoms with Crippen molar-refractivity contribution in [1.29, 1.82) is 0 Å². The van der Waals surface area contributed by atoms with E-state index in [1.165, 1.54) is 12.1 Å². The van der Waals surface area contributed by atoms with Crippen molar-refractivity contribution in [3.05, 3.63) is 47.5 Å². The molecule has 0 saturated heterocycles. The normalized spacial score (nSPS) is 10.6. The van der Waals surface area contributed by atoms with E-state index in [0.29, 0.717) is 13.1 Å². The highest BCUT2D eigenvalue weighted by atomic mass is 19.1. The maximum Gasteiger partial charge on any atom is 0.123 e. The molecule has 4 nitrogen and oxygen atoms in total. The van der Waals surface area contributed by atoms with Gasteiger partial charge >= 0.3 is 0 Å². The molecule has 1 aromatic carbocycles. The van der Waals surface area contributed by atoms with E-state index in [-0.39, 0.29) is 5.82 Å². The van der Waals surface area contributed by atoms with E-state index >= 15 is 0 Å². The molecule has 1 aromatic heterocycles. The Morgan fingerprint density at radius 1 is 1.31 bits per heavy atom. The molecule has 2 rings (SSSR count). The summed E-state index contributed by atoms with van der Waals surface area (Å²) < 4.78 is 14.4. The minimum absolute atomic E-state index is 0.224. The fourth-order valence-electron chi connectivity index (χ4n) is 1.45. The van der Waals surface area contributed by atoms with Gasteiger partial charge in [0.1, 0.15) is 5.82 Å². The number of aromatic nitrogens is 3. The van der Waals surface area contributed by atoms with Gasteiger partial charge in [0, 0.05) is 6.54 Å². The lowest BCUT2D eigenvalue weighted by Crippen LogP contribution is -2.05. The zero-order valence-electron chi connectivity index (χ0n) is 9.02. The second kappa shape index (κ2) is 4.85. The molecule has 84 valence electrons. The van der Waals surface area contributed by atoms with Gasteiger partial charge < -0.3 is 5.32 Å². The highest BCUT2D eigenvalue weighted by Gasteiger charge is 2.00. The molecule has 0 fully saturated rings. The fraction of sp³-hybridized carbons (Fsp3) is 0.273. The first-order chi connectivity index (χ1) is 7.78. The number of hydrogen-bond acceptors (Lipinski definition) is 3. The molecule has 0 aliphatic heterocycles. The van der Waals surface area contributed by atoms with Crippen LogP contribution in [0.4, 0.5) is 4.39 Å². The maximum atomic E-state index is 12.7. The zero-order chi connectivity index (χ0) is 11.4. The van der Waals surface area contributed by atoms with Crippen LogP contribution in [0.1, 0.15) is 11.3 Å². The van der Waals surface area contributed by atoms with Crippen molar-refractivity contribution >= 4 is 0 Å². The van der Waals surface area contributed by atoms with E-state index in [1.54, 1.807) is 16.8 Å². The quantitative estimate of drug-likeness (QED) is 0.841. The highest BCUT2D eigenvalue weighted by molar-refractivity contribution is 5.16. The number of rotatable bonds is 4. The van der Waals surface area contributed by atoms with Crippen LogP contribution in [0.15, 0.2) is 30.5 Å². The Hall–Kier alpha value is -1.75. The van der Waals surface area contributed by atoms with Gasteiger partial charge in [-0.25, -0.2) is 9.07 Å². The average molecular weight is 220 g/mol. The SMILES string of the molecule is CNCc1cn(Cc2ccc(F)cc2)nn1. The Labute approximate surface area is 93.1 Å². The molecule has 5 heteroatoms. The predicted octanol–water partition coefficient (Wildman–Crippen LogP) is 1.18. The van der Waals surface area contributed by atoms with E-state index in [1.807, 2.05) is 13.2 Å². The minimum atomic E-state index is -0.224. The van der Waals surface area contributed by atoms with E-state index in [9.17, 15) is 4.39 Å². The summed E-state index contributed by atoms with van der Waals surface area (Å²) in [6.07, 6.45) is 1.87. The minimum Gasteiger partial charge on any atom is -0.314 e. The zero-order valence-corrected chi connectivity index (χ0v) is 9.02. The molecule has 0 aliphatic carbocycles. The molecule has 0 radical (unpaired) electrons. The Morgan fingerprint density at radius 2 is 2.06 bits per heavy atom. The molecule has 2 aromatic rings. The van der Waals surface area contributed by atoms with Crippen LogP contribution in [0.25, 0.3) is 0 Å². The second-order valence-electron chi connectivity index (χ2n) is 3.56. The van der Waals surface area contributed by atoms with Crippen molar-refractivity contribution in [3.8, 4) is 0 Å². The Kier molecular flexibility index (Phi) is 3.26. The van der Waals surface area contributed by atoms with Crippen LogP contribution in [0, 0.1) is 5.82 Å². The molecule has 0 saturated carbocycles. The first kappa shape index (κ1) is 10.8. The summed E-state index contributed by atoms with van der Waals surface area (Å²) in [4.78, 5) is 0. The molecule has 16 heavy (non-hydrogen) atoms. The third kappa shape index (κ3) is 2.64. The number of hydrogen-bond donors (Lipinski definition) is 1. The Bertz CT molecular complexity index is 449. The van der Waals surface area contributed by atoms with Crippen molar-refractivity contribution in [2.24, 2.45) is 0 Å². The summed E-state index contributed by atoms with van der Waals surface area (Å²) in [5, 5.41) is 11.0. The fourth-order valence-corrected chi connectivity index (χ4v) is 1.45. The first-order valence-electron chi connectivity index (χ1n) is 5.06. The van der Waals surface area contributed by atoms with Crippen LogP contribution < -0.4 is 5.32 Å². The van der Waals surface area contributed by atoms with Gasteiger partial charge in [-0.2, -0.15) is 0 Å². The van der Waals surface area contributed by atoms with Crippen LogP contribution in [0.2, 0.25) is 0 Å². The van der Waals surface area contributed by atoms with Gasteiger partial charge in [0.15, 0.2) is 0 Å². The van der Waals surface area contributed by atoms with Crippen molar-refractivity contribution < 1.29 is 4.39 Å². The lowest BCUT2D eigenvalue weighted by molar-refractivity contribution is 0.621. The van der Waals surface area contributed by atoms with Gasteiger partial charge in [-0.05, 0) is 24.7 Å². The molecule has 1 N–H and O–H groups in total. The highest BCUT2D eigenvalue weighted by Crippen LogP contribution is 2.04. The lowest BCUT2D eigenvalue weighted by atomic mass is 10.2. The number of benzene rings is 1. The molecule has 0 atom stereocenters. The second-order valence-corrected chi connectivity index (χ2v) is 3.56. The monoisotopic (exact) mass is 220 g/mol. The van der Waals surface area contributed by atoms with Crippen molar-refractivity contribution in [1.82, 2.24) is 20.3 Å². The van der Waals surface area contributed by atoms with Gasteiger partial charge in [0.25, 0.3) is 0 Å². The molecule has 0 unspecified atom stereocenters. The maximum absolute atomic E-state index is 12.7. The van der Waals surface area contributed by atoms with Crippen molar-refractivity contribution in [3.63, 3.8) is 0 Å². The van der Waals surface area contributed by atoms with Gasteiger partial charge in [0.05, 0.1) is 18.4 Å². The van der Waals surface area contributed by atoms with E-state index in [4.69, 9.17) is 0 Å². The standard InChI is InChI=1S/C11H13FN4/c1-13-6-11-8-16(15-14-11)7-9-2-4-10(12)5-3-9/h2-5,8,13H,6-7H2,1H3. The topological polar surface area (TPSA) is 42.7 Å². The molecule has 0 spiro atoms. The van der Waals surface area contributed by atoms with E-state index < -0.39 is 0 Å². The van der Waals surface area contributed by atoms with Crippen LogP contribution in [0.5, 0.6) is 0 Å². The van der Waals surface area contributed by atoms with Crippen LogP contribution in [-0.2, 0) is 13.1 Å². The third-order valence-electron chi connectivity index (χ3n) is 2.20. The van der Waals surface area contributed by atoms with Crippen LogP contribution in [-0.4, -0.2) is 22.0 Å².